The van der Waals surface area contributed by atoms with Crippen molar-refractivity contribution in [2.24, 2.45) is 22.1 Å². The Morgan fingerprint density at radius 1 is 0.981 bits per heavy atom. The number of aliphatic hydroxyl groups excluding tert-OH is 1. The van der Waals surface area contributed by atoms with Gasteiger partial charge in [-0.2, -0.15) is 4.31 Å². The molecule has 1 aliphatic heterocycles. The largest absolute Gasteiger partial charge is 0.411 e. The number of nitrogens with zero attached hydrogens (tertiary/aromatic N) is 6. The van der Waals surface area contributed by atoms with E-state index in [0.29, 0.717) is 29.9 Å². The van der Waals surface area contributed by atoms with Crippen molar-refractivity contribution in [2.45, 2.75) is 76.6 Å². The maximum Gasteiger partial charge on any atom is 0.321 e. The summed E-state index contributed by atoms with van der Waals surface area (Å²) in [6.45, 7) is 9.97. The van der Waals surface area contributed by atoms with Crippen LogP contribution in [0.25, 0.3) is 0 Å². The number of oxime groups is 2. The molecule has 0 radical (unpaired) electrons. The lowest BCUT2D eigenvalue weighted by Crippen LogP contribution is -2.64. The molecule has 4 atom stereocenters. The number of carbonyl (C=O) groups excluding carboxylic acids is 2. The highest BCUT2D eigenvalue weighted by molar-refractivity contribution is 7.89. The molecule has 0 bridgehead atoms. The van der Waals surface area contributed by atoms with Crippen LogP contribution in [0.2, 0.25) is 0 Å². The van der Waals surface area contributed by atoms with Crippen LogP contribution in [-0.4, -0.2) is 111 Å². The van der Waals surface area contributed by atoms with E-state index in [1.165, 1.54) is 41.0 Å². The first-order valence-corrected chi connectivity index (χ1v) is 19.2. The number of urea groups is 1. The van der Waals surface area contributed by atoms with Crippen molar-refractivity contribution in [1.82, 2.24) is 24.4 Å². The monoisotopic (exact) mass is 749 g/mol. The van der Waals surface area contributed by atoms with E-state index in [2.05, 4.69) is 20.6 Å². The average Bonchev–Trinajstić information content (AvgIpc) is 3.50. The van der Waals surface area contributed by atoms with Crippen LogP contribution in [0.5, 0.6) is 0 Å². The van der Waals surface area contributed by atoms with Gasteiger partial charge in [-0.3, -0.25) is 4.79 Å². The third-order valence-corrected chi connectivity index (χ3v) is 11.7. The summed E-state index contributed by atoms with van der Waals surface area (Å²) in [5.74, 6) is -0.834. The van der Waals surface area contributed by atoms with Gasteiger partial charge in [0.2, 0.25) is 15.9 Å². The molecule has 1 saturated heterocycles. The van der Waals surface area contributed by atoms with E-state index < -0.39 is 33.6 Å². The second-order valence-corrected chi connectivity index (χ2v) is 15.9. The predicted molar refractivity (Wildman–Crippen MR) is 201 cm³/mol. The molecule has 1 aromatic heterocycles. The first-order chi connectivity index (χ1) is 25.2. The van der Waals surface area contributed by atoms with Crippen molar-refractivity contribution in [3.63, 3.8) is 0 Å². The molecule has 0 saturated carbocycles. The molecule has 1 fully saturated rings. The van der Waals surface area contributed by atoms with E-state index in [1.54, 1.807) is 34.9 Å². The number of aliphatic hydroxyl groups is 1. The van der Waals surface area contributed by atoms with Gasteiger partial charge in [-0.25, -0.2) is 18.2 Å². The molecule has 2 unspecified atom stereocenters. The quantitative estimate of drug-likeness (QED) is 0.0847. The van der Waals surface area contributed by atoms with E-state index in [1.807, 2.05) is 58.0 Å². The lowest BCUT2D eigenvalue weighted by Gasteiger charge is -2.43. The zero-order valence-corrected chi connectivity index (χ0v) is 31.7. The van der Waals surface area contributed by atoms with E-state index >= 15 is 0 Å². The van der Waals surface area contributed by atoms with Crippen molar-refractivity contribution in [1.29, 1.82) is 0 Å². The SMILES string of the molecule is CCC(C)C(C)(C(=O)N[C@@H](Cc1ccccc1)[C@H](O)CN(CC(C)C)S(=O)(=O)c1ccc(C=NO)cc1)N1CCN(Cc2cccc(C=NO)n2)C1=O. The summed E-state index contributed by atoms with van der Waals surface area (Å²) < 4.78 is 29.1. The first-order valence-electron chi connectivity index (χ1n) is 17.7. The van der Waals surface area contributed by atoms with Crippen molar-refractivity contribution >= 4 is 34.4 Å². The second-order valence-electron chi connectivity index (χ2n) is 14.0. The molecule has 3 amide bonds. The Balaban J connectivity index is 1.63. The standard InChI is InChI=1S/C38H51N7O7S/c1-6-28(4)38(5,45-20-19-43(37(45)48)25-32-14-10-13-31(41-32)23-40-50)36(47)42-34(21-29-11-8-7-9-12-29)35(46)26-44(24-27(2)3)53(51,52)33-17-15-30(16-18-33)22-39-49/h7-18,22-23,27-28,34-35,46,49-50H,6,19-21,24-26H2,1-5H3,(H,42,47)/t28?,34-,35+,38?/m0/s1. The minimum atomic E-state index is -4.09. The van der Waals surface area contributed by atoms with Gasteiger partial charge in [0.15, 0.2) is 0 Å². The highest BCUT2D eigenvalue weighted by Gasteiger charge is 2.50. The van der Waals surface area contributed by atoms with Crippen LogP contribution in [0.15, 0.2) is 88.0 Å². The smallest absolute Gasteiger partial charge is 0.321 e. The zero-order valence-electron chi connectivity index (χ0n) is 30.9. The number of nitrogens with one attached hydrogen (secondary N) is 1. The van der Waals surface area contributed by atoms with Crippen LogP contribution in [0, 0.1) is 11.8 Å². The molecule has 0 aliphatic carbocycles. The van der Waals surface area contributed by atoms with Gasteiger partial charge in [0.1, 0.15) is 5.54 Å². The molecule has 15 heteroatoms. The van der Waals surface area contributed by atoms with Gasteiger partial charge in [0, 0.05) is 26.2 Å². The van der Waals surface area contributed by atoms with Gasteiger partial charge in [-0.05, 0) is 60.6 Å². The fourth-order valence-corrected chi connectivity index (χ4v) is 8.13. The van der Waals surface area contributed by atoms with Crippen LogP contribution in [0.4, 0.5) is 4.79 Å². The number of amides is 3. The third-order valence-electron chi connectivity index (χ3n) is 9.82. The topological polar surface area (TPSA) is 188 Å². The summed E-state index contributed by atoms with van der Waals surface area (Å²) >= 11 is 0. The van der Waals surface area contributed by atoms with Crippen molar-refractivity contribution in [3.8, 4) is 0 Å². The first kappa shape index (κ1) is 40.9. The number of hydrogen-bond donors (Lipinski definition) is 4. The van der Waals surface area contributed by atoms with Crippen molar-refractivity contribution in [3.05, 3.63) is 95.3 Å². The Kier molecular flexibility index (Phi) is 14.1. The van der Waals surface area contributed by atoms with Gasteiger partial charge in [-0.1, -0.05) is 93.0 Å². The minimum Gasteiger partial charge on any atom is -0.411 e. The maximum atomic E-state index is 14.6. The van der Waals surface area contributed by atoms with Gasteiger partial charge in [-0.15, -0.1) is 0 Å². The van der Waals surface area contributed by atoms with Crippen molar-refractivity contribution in [2.75, 3.05) is 26.2 Å². The molecule has 286 valence electrons. The Morgan fingerprint density at radius 2 is 1.66 bits per heavy atom. The number of pyridine rings is 1. The molecular formula is C38H51N7O7S. The minimum absolute atomic E-state index is 0.00832. The summed E-state index contributed by atoms with van der Waals surface area (Å²) in [5, 5.41) is 38.8. The van der Waals surface area contributed by atoms with E-state index in [9.17, 15) is 23.1 Å². The fraction of sp³-hybridized carbons (Fsp3) is 0.447. The van der Waals surface area contributed by atoms with Crippen LogP contribution in [0.1, 0.15) is 63.6 Å². The molecule has 2 aromatic carbocycles. The average molecular weight is 750 g/mol. The van der Waals surface area contributed by atoms with Crippen LogP contribution in [-0.2, 0) is 27.8 Å². The number of sulfonamides is 1. The van der Waals surface area contributed by atoms with Gasteiger partial charge in [0.25, 0.3) is 0 Å². The summed E-state index contributed by atoms with van der Waals surface area (Å²) in [6.07, 6.45) is 1.84. The van der Waals surface area contributed by atoms with Crippen LogP contribution < -0.4 is 5.32 Å². The Bertz CT molecular complexity index is 1840. The van der Waals surface area contributed by atoms with Crippen LogP contribution in [0.3, 0.4) is 0 Å². The molecule has 1 aliphatic rings. The Hall–Kier alpha value is -4.86. The lowest BCUT2D eigenvalue weighted by molar-refractivity contribution is -0.135. The van der Waals surface area contributed by atoms with E-state index in [-0.39, 0.29) is 55.4 Å². The van der Waals surface area contributed by atoms with Gasteiger partial charge < -0.3 is 30.6 Å². The Morgan fingerprint density at radius 3 is 2.28 bits per heavy atom. The summed E-state index contributed by atoms with van der Waals surface area (Å²) in [5.41, 5.74) is 1.04. The number of rotatable bonds is 18. The van der Waals surface area contributed by atoms with Crippen LogP contribution >= 0.6 is 0 Å². The molecule has 53 heavy (non-hydrogen) atoms. The molecule has 4 N–H and O–H groups in total. The molecule has 2 heterocycles. The fourth-order valence-electron chi connectivity index (χ4n) is 6.50. The summed E-state index contributed by atoms with van der Waals surface area (Å²) in [4.78, 5) is 36.2. The summed E-state index contributed by atoms with van der Waals surface area (Å²) in [6, 6.07) is 19.1. The molecule has 4 rings (SSSR count). The predicted octanol–water partition coefficient (Wildman–Crippen LogP) is 4.18. The molecule has 14 nitrogen and oxygen atoms in total. The summed E-state index contributed by atoms with van der Waals surface area (Å²) in [7, 11) is -4.09. The third kappa shape index (κ3) is 9.97. The highest BCUT2D eigenvalue weighted by atomic mass is 32.2. The normalized spacial score (nSPS) is 16.8. The van der Waals surface area contributed by atoms with Gasteiger partial charge in [0.05, 0.1) is 47.4 Å². The van der Waals surface area contributed by atoms with E-state index in [0.717, 1.165) is 5.56 Å². The number of carbonyl (C=O) groups is 2. The second kappa shape index (κ2) is 18.3. The number of benzene rings is 2. The molecular weight excluding hydrogens is 699 g/mol. The molecule has 3 aromatic rings. The van der Waals surface area contributed by atoms with Gasteiger partial charge >= 0.3 is 6.03 Å². The number of aromatic nitrogens is 1. The zero-order chi connectivity index (χ0) is 38.8. The lowest BCUT2D eigenvalue weighted by atomic mass is 9.82. The maximum absolute atomic E-state index is 14.6. The highest BCUT2D eigenvalue weighted by Crippen LogP contribution is 2.32. The molecule has 0 spiro atoms. The Labute approximate surface area is 311 Å². The van der Waals surface area contributed by atoms with E-state index in [4.69, 9.17) is 10.4 Å². The number of hydrogen-bond acceptors (Lipinski definition) is 10. The van der Waals surface area contributed by atoms with Crippen molar-refractivity contribution < 1.29 is 33.5 Å².